The van der Waals surface area contributed by atoms with Crippen LogP contribution in [0.3, 0.4) is 0 Å². The van der Waals surface area contributed by atoms with Gasteiger partial charge in [-0.25, -0.2) is 4.98 Å². The number of anilines is 1. The van der Waals surface area contributed by atoms with Crippen LogP contribution >= 0.6 is 11.3 Å². The van der Waals surface area contributed by atoms with E-state index in [1.807, 2.05) is 0 Å². The van der Waals surface area contributed by atoms with Gasteiger partial charge in [0.25, 0.3) is 0 Å². The second-order valence-corrected chi connectivity index (χ2v) is 6.40. The molecule has 1 aromatic heterocycles. The zero-order valence-electron chi connectivity index (χ0n) is 12.1. The Morgan fingerprint density at radius 3 is 2.63 bits per heavy atom. The molecule has 106 valence electrons. The maximum Gasteiger partial charge on any atom is 0.186 e. The van der Waals surface area contributed by atoms with E-state index in [1.54, 1.807) is 11.3 Å². The molecule has 1 aliphatic rings. The van der Waals surface area contributed by atoms with E-state index in [0.29, 0.717) is 6.42 Å². The average Bonchev–Trinajstić information content (AvgIpc) is 2.79. The molecule has 0 aliphatic heterocycles. The van der Waals surface area contributed by atoms with Crippen LogP contribution in [0.25, 0.3) is 0 Å². The fourth-order valence-corrected chi connectivity index (χ4v) is 3.46. The number of Topliss-reactive ketones (excluding diaryl/α,β-unsaturated/α-hetero) is 1. The van der Waals surface area contributed by atoms with E-state index < -0.39 is 0 Å². The number of fused-ring (bicyclic) bond motifs is 1. The van der Waals surface area contributed by atoms with Crippen molar-refractivity contribution in [2.24, 2.45) is 0 Å². The molecule has 5 heteroatoms. The first kappa shape index (κ1) is 14.5. The first-order valence-electron chi connectivity index (χ1n) is 7.04. The van der Waals surface area contributed by atoms with Crippen LogP contribution in [0.5, 0.6) is 0 Å². The van der Waals surface area contributed by atoms with Gasteiger partial charge in [0, 0.05) is 30.9 Å². The Hall–Kier alpha value is -0.940. The number of thiazole rings is 1. The van der Waals surface area contributed by atoms with E-state index >= 15 is 0 Å². The molecule has 19 heavy (non-hydrogen) atoms. The summed E-state index contributed by atoms with van der Waals surface area (Å²) < 4.78 is 0. The zero-order valence-corrected chi connectivity index (χ0v) is 12.9. The number of ketones is 1. The highest BCUT2D eigenvalue weighted by atomic mass is 32.1. The molecule has 1 aliphatic carbocycles. The summed E-state index contributed by atoms with van der Waals surface area (Å²) in [5, 5.41) is 1.03. The highest BCUT2D eigenvalue weighted by molar-refractivity contribution is 7.16. The SMILES string of the molecule is CCCN(CCN(C)C)c1nc2c(s1)CCCC2=O. The highest BCUT2D eigenvalue weighted by Gasteiger charge is 2.24. The molecule has 0 bridgehead atoms. The number of aromatic nitrogens is 1. The van der Waals surface area contributed by atoms with Gasteiger partial charge >= 0.3 is 0 Å². The molecule has 0 aromatic carbocycles. The maximum atomic E-state index is 11.9. The Balaban J connectivity index is 2.15. The van der Waals surface area contributed by atoms with E-state index in [4.69, 9.17) is 0 Å². The van der Waals surface area contributed by atoms with Crippen LogP contribution in [0.4, 0.5) is 5.13 Å². The summed E-state index contributed by atoms with van der Waals surface area (Å²) in [7, 11) is 4.17. The topological polar surface area (TPSA) is 36.4 Å². The average molecular weight is 281 g/mol. The van der Waals surface area contributed by atoms with Crippen LogP contribution in [-0.2, 0) is 6.42 Å². The van der Waals surface area contributed by atoms with E-state index in [9.17, 15) is 4.79 Å². The van der Waals surface area contributed by atoms with Gasteiger partial charge in [-0.1, -0.05) is 6.92 Å². The van der Waals surface area contributed by atoms with Crippen molar-refractivity contribution in [1.29, 1.82) is 0 Å². The predicted octanol–water partition coefficient (Wildman–Crippen LogP) is 2.44. The van der Waals surface area contributed by atoms with Gasteiger partial charge in [-0.3, -0.25) is 4.79 Å². The van der Waals surface area contributed by atoms with Crippen molar-refractivity contribution >= 4 is 22.3 Å². The van der Waals surface area contributed by atoms with Crippen LogP contribution in [0.15, 0.2) is 0 Å². The summed E-state index contributed by atoms with van der Waals surface area (Å²) in [6.07, 6.45) is 3.78. The van der Waals surface area contributed by atoms with Crippen molar-refractivity contribution < 1.29 is 4.79 Å². The Morgan fingerprint density at radius 2 is 2.00 bits per heavy atom. The van der Waals surface area contributed by atoms with Gasteiger partial charge in [-0.2, -0.15) is 0 Å². The van der Waals surface area contributed by atoms with Crippen molar-refractivity contribution in [2.45, 2.75) is 32.6 Å². The van der Waals surface area contributed by atoms with E-state index in [0.717, 1.165) is 49.7 Å². The van der Waals surface area contributed by atoms with Gasteiger partial charge in [0.05, 0.1) is 0 Å². The lowest BCUT2D eigenvalue weighted by molar-refractivity contribution is 0.0968. The van der Waals surface area contributed by atoms with Crippen LogP contribution in [0.1, 0.15) is 41.6 Å². The van der Waals surface area contributed by atoms with E-state index in [1.165, 1.54) is 4.88 Å². The normalized spacial score (nSPS) is 14.8. The van der Waals surface area contributed by atoms with Gasteiger partial charge in [-0.15, -0.1) is 11.3 Å². The largest absolute Gasteiger partial charge is 0.347 e. The molecule has 0 N–H and O–H groups in total. The van der Waals surface area contributed by atoms with Crippen LogP contribution in [0, 0.1) is 0 Å². The minimum Gasteiger partial charge on any atom is -0.347 e. The number of carbonyl (C=O) groups excluding carboxylic acids is 1. The number of hydrogen-bond acceptors (Lipinski definition) is 5. The first-order chi connectivity index (χ1) is 9.11. The van der Waals surface area contributed by atoms with Crippen LogP contribution in [-0.4, -0.2) is 49.4 Å². The predicted molar refractivity (Wildman–Crippen MR) is 80.4 cm³/mol. The molecular formula is C14H23N3OS. The lowest BCUT2D eigenvalue weighted by atomic mass is 10.0. The molecule has 0 radical (unpaired) electrons. The number of carbonyl (C=O) groups is 1. The second kappa shape index (κ2) is 6.48. The highest BCUT2D eigenvalue weighted by Crippen LogP contribution is 2.31. The van der Waals surface area contributed by atoms with Gasteiger partial charge < -0.3 is 9.80 Å². The molecule has 4 nitrogen and oxygen atoms in total. The Kier molecular flexibility index (Phi) is 4.93. The van der Waals surface area contributed by atoms with Crippen molar-refractivity contribution in [3.8, 4) is 0 Å². The van der Waals surface area contributed by atoms with E-state index in [2.05, 4.69) is 35.8 Å². The summed E-state index contributed by atoms with van der Waals surface area (Å²) in [5.74, 6) is 0.229. The molecular weight excluding hydrogens is 258 g/mol. The van der Waals surface area contributed by atoms with Gasteiger partial charge in [0.2, 0.25) is 0 Å². The number of hydrogen-bond donors (Lipinski definition) is 0. The molecule has 0 fully saturated rings. The maximum absolute atomic E-state index is 11.9. The van der Waals surface area contributed by atoms with Gasteiger partial charge in [0.1, 0.15) is 5.69 Å². The Morgan fingerprint density at radius 1 is 1.21 bits per heavy atom. The summed E-state index contributed by atoms with van der Waals surface area (Å²) in [5.41, 5.74) is 0.747. The molecule has 0 unspecified atom stereocenters. The minimum atomic E-state index is 0.229. The third kappa shape index (κ3) is 3.54. The van der Waals surface area contributed by atoms with Gasteiger partial charge in [-0.05, 0) is 33.4 Å². The third-order valence-electron chi connectivity index (χ3n) is 3.34. The molecule has 1 aromatic rings. The number of aryl methyl sites for hydroxylation is 1. The summed E-state index contributed by atoms with van der Waals surface area (Å²) in [6, 6.07) is 0. The van der Waals surface area contributed by atoms with E-state index in [-0.39, 0.29) is 5.78 Å². The second-order valence-electron chi connectivity index (χ2n) is 5.34. The number of rotatable bonds is 6. The fourth-order valence-electron chi connectivity index (χ4n) is 2.28. The van der Waals surface area contributed by atoms with Crippen molar-refractivity contribution in [3.63, 3.8) is 0 Å². The monoisotopic (exact) mass is 281 g/mol. The first-order valence-corrected chi connectivity index (χ1v) is 7.86. The standard InChI is InChI=1S/C14H23N3OS/c1-4-8-17(10-9-16(2)3)14-15-13-11(18)6-5-7-12(13)19-14/h4-10H2,1-3H3. The molecule has 0 saturated carbocycles. The van der Waals surface area contributed by atoms with Gasteiger partial charge in [0.15, 0.2) is 10.9 Å². The fraction of sp³-hybridized carbons (Fsp3) is 0.714. The quantitative estimate of drug-likeness (QED) is 0.802. The zero-order chi connectivity index (χ0) is 13.8. The smallest absolute Gasteiger partial charge is 0.186 e. The lowest BCUT2D eigenvalue weighted by Gasteiger charge is -2.23. The summed E-state index contributed by atoms with van der Waals surface area (Å²) in [4.78, 5) is 22.2. The molecule has 0 spiro atoms. The molecule has 0 atom stereocenters. The third-order valence-corrected chi connectivity index (χ3v) is 4.51. The minimum absolute atomic E-state index is 0.229. The number of likely N-dealkylation sites (N-methyl/N-ethyl adjacent to an activating group) is 1. The molecule has 0 saturated heterocycles. The Labute approximate surface area is 119 Å². The molecule has 1 heterocycles. The number of nitrogens with zero attached hydrogens (tertiary/aromatic N) is 3. The summed E-state index contributed by atoms with van der Waals surface area (Å²) in [6.45, 7) is 5.18. The van der Waals surface area contributed by atoms with Crippen molar-refractivity contribution in [3.05, 3.63) is 10.6 Å². The lowest BCUT2D eigenvalue weighted by Crippen LogP contribution is -2.32. The van der Waals surface area contributed by atoms with Crippen molar-refractivity contribution in [2.75, 3.05) is 38.6 Å². The summed E-state index contributed by atoms with van der Waals surface area (Å²) >= 11 is 1.71. The molecule has 2 rings (SSSR count). The van der Waals surface area contributed by atoms with Crippen LogP contribution < -0.4 is 4.90 Å². The molecule has 0 amide bonds. The van der Waals surface area contributed by atoms with Crippen molar-refractivity contribution in [1.82, 2.24) is 9.88 Å². The van der Waals surface area contributed by atoms with Crippen LogP contribution in [0.2, 0.25) is 0 Å². The Bertz CT molecular complexity index is 442.